The Kier molecular flexibility index (Phi) is 8.65. The maximum atomic E-state index is 9.25. The largest absolute Gasteiger partial charge is 0.414 e. The van der Waals surface area contributed by atoms with E-state index in [9.17, 15) is 5.11 Å². The van der Waals surface area contributed by atoms with Crippen molar-refractivity contribution in [3.8, 4) is 0 Å². The van der Waals surface area contributed by atoms with Crippen molar-refractivity contribution >= 4 is 16.6 Å². The Morgan fingerprint density at radius 1 is 0.958 bits per heavy atom. The summed E-state index contributed by atoms with van der Waals surface area (Å²) in [4.78, 5) is 0. The van der Waals surface area contributed by atoms with Crippen LogP contribution in [0.3, 0.4) is 0 Å². The average Bonchev–Trinajstić information content (AvgIpc) is 2.38. The highest BCUT2D eigenvalue weighted by atomic mass is 28.4. The molecule has 0 rings (SSSR count). The maximum absolute atomic E-state index is 9.25. The molecule has 0 aromatic carbocycles. The van der Waals surface area contributed by atoms with E-state index in [1.165, 1.54) is 0 Å². The lowest BCUT2D eigenvalue weighted by Gasteiger charge is -2.41. The van der Waals surface area contributed by atoms with Crippen LogP contribution in [0.25, 0.3) is 0 Å². The molecule has 1 atom stereocenters. The molecule has 0 aliphatic heterocycles. The van der Waals surface area contributed by atoms with Crippen molar-refractivity contribution in [2.45, 2.75) is 97.3 Å². The lowest BCUT2D eigenvalue weighted by atomic mass is 10.2. The fraction of sp³-hybridized carbons (Fsp3) is 0.895. The molecular weight excluding hydrogens is 332 g/mol. The van der Waals surface area contributed by atoms with Crippen molar-refractivity contribution < 1.29 is 14.0 Å². The average molecular weight is 375 g/mol. The summed E-state index contributed by atoms with van der Waals surface area (Å²) in [6.45, 7) is 25.4. The molecule has 0 spiro atoms. The zero-order valence-corrected chi connectivity index (χ0v) is 20.0. The molecule has 0 aliphatic rings. The van der Waals surface area contributed by atoms with Crippen molar-refractivity contribution in [2.75, 3.05) is 13.2 Å². The summed E-state index contributed by atoms with van der Waals surface area (Å²) in [5.74, 6) is 0. The second-order valence-corrected chi connectivity index (χ2v) is 19.6. The van der Waals surface area contributed by atoms with E-state index in [0.29, 0.717) is 6.61 Å². The quantitative estimate of drug-likeness (QED) is 0.436. The highest BCUT2D eigenvalue weighted by Gasteiger charge is 2.41. The summed E-state index contributed by atoms with van der Waals surface area (Å²) in [5.41, 5.74) is 0.992. The first-order chi connectivity index (χ1) is 10.5. The molecule has 3 nitrogen and oxygen atoms in total. The lowest BCUT2D eigenvalue weighted by molar-refractivity contribution is 0.109. The minimum absolute atomic E-state index is 0.0570. The van der Waals surface area contributed by atoms with Gasteiger partial charge in [0.25, 0.3) is 0 Å². The minimum atomic E-state index is -1.85. The van der Waals surface area contributed by atoms with Crippen LogP contribution >= 0.6 is 0 Å². The van der Waals surface area contributed by atoms with Crippen molar-refractivity contribution in [1.29, 1.82) is 0 Å². The van der Waals surface area contributed by atoms with Crippen LogP contribution in [0.4, 0.5) is 0 Å². The smallest absolute Gasteiger partial charge is 0.192 e. The number of rotatable bonds is 8. The summed E-state index contributed by atoms with van der Waals surface area (Å²) in [7, 11) is -3.64. The van der Waals surface area contributed by atoms with E-state index in [0.717, 1.165) is 12.0 Å². The molecule has 0 heterocycles. The molecule has 144 valence electrons. The second kappa shape index (κ2) is 8.63. The summed E-state index contributed by atoms with van der Waals surface area (Å²) < 4.78 is 13.0. The lowest BCUT2D eigenvalue weighted by Crippen LogP contribution is -2.47. The van der Waals surface area contributed by atoms with Crippen molar-refractivity contribution in [2.24, 2.45) is 0 Å². The van der Waals surface area contributed by atoms with Gasteiger partial charge in [0.05, 0.1) is 19.3 Å². The molecular formula is C19H42O3Si2. The molecule has 0 aromatic rings. The van der Waals surface area contributed by atoms with Crippen LogP contribution < -0.4 is 0 Å². The van der Waals surface area contributed by atoms with E-state index in [1.54, 1.807) is 0 Å². The van der Waals surface area contributed by atoms with Gasteiger partial charge in [-0.15, -0.1) is 0 Å². The monoisotopic (exact) mass is 374 g/mol. The van der Waals surface area contributed by atoms with Gasteiger partial charge in [-0.2, -0.15) is 0 Å². The number of aliphatic hydroxyl groups excluding tert-OH is 1. The number of hydrogen-bond acceptors (Lipinski definition) is 3. The topological polar surface area (TPSA) is 38.7 Å². The number of hydrogen-bond donors (Lipinski definition) is 1. The van der Waals surface area contributed by atoms with Gasteiger partial charge in [0.2, 0.25) is 0 Å². The normalized spacial score (nSPS) is 16.4. The van der Waals surface area contributed by atoms with E-state index < -0.39 is 16.6 Å². The van der Waals surface area contributed by atoms with E-state index in [-0.39, 0.29) is 22.8 Å². The summed E-state index contributed by atoms with van der Waals surface area (Å²) in [6, 6.07) is 0. The van der Waals surface area contributed by atoms with Crippen LogP contribution in [0, 0.1) is 0 Å². The van der Waals surface area contributed by atoms with Crippen molar-refractivity contribution in [3.63, 3.8) is 0 Å². The van der Waals surface area contributed by atoms with Crippen LogP contribution in [0.2, 0.25) is 36.3 Å². The highest BCUT2D eigenvalue weighted by Crippen LogP contribution is 2.39. The van der Waals surface area contributed by atoms with Crippen LogP contribution in [0.1, 0.15) is 54.9 Å². The third-order valence-corrected chi connectivity index (χ3v) is 14.7. The fourth-order valence-electron chi connectivity index (χ4n) is 1.66. The predicted molar refractivity (Wildman–Crippen MR) is 111 cm³/mol. The zero-order valence-electron chi connectivity index (χ0n) is 18.0. The van der Waals surface area contributed by atoms with Gasteiger partial charge >= 0.3 is 0 Å². The van der Waals surface area contributed by atoms with Crippen LogP contribution in [-0.2, 0) is 8.85 Å². The molecule has 0 amide bonds. The highest BCUT2D eigenvalue weighted by molar-refractivity contribution is 6.74. The first kappa shape index (κ1) is 24.1. The van der Waals surface area contributed by atoms with Gasteiger partial charge in [0.15, 0.2) is 16.6 Å². The Bertz CT molecular complexity index is 415. The van der Waals surface area contributed by atoms with Gasteiger partial charge in [0.1, 0.15) is 0 Å². The van der Waals surface area contributed by atoms with Crippen molar-refractivity contribution in [3.05, 3.63) is 11.6 Å². The molecule has 24 heavy (non-hydrogen) atoms. The van der Waals surface area contributed by atoms with Crippen LogP contribution in [0.15, 0.2) is 11.6 Å². The van der Waals surface area contributed by atoms with Gasteiger partial charge in [-0.05, 0) is 49.6 Å². The van der Waals surface area contributed by atoms with E-state index in [4.69, 9.17) is 8.85 Å². The molecule has 0 bridgehead atoms. The van der Waals surface area contributed by atoms with E-state index >= 15 is 0 Å². The Hall–Kier alpha value is 0.0538. The first-order valence-electron chi connectivity index (χ1n) is 9.12. The standard InChI is InChI=1S/C19H42O3Si2/c1-16(14-20)12-13-17(22-24(10,11)19(5,6)7)15-21-23(8,9)18(2,3)4/h12,17,20H,13-15H2,1-11H3/b16-12+/t17-/m1/s1. The third kappa shape index (κ3) is 7.52. The predicted octanol–water partition coefficient (Wildman–Crippen LogP) is 5.73. The summed E-state index contributed by atoms with van der Waals surface area (Å²) in [5, 5.41) is 9.63. The van der Waals surface area contributed by atoms with Gasteiger partial charge in [-0.3, -0.25) is 0 Å². The third-order valence-electron chi connectivity index (χ3n) is 5.68. The van der Waals surface area contributed by atoms with E-state index in [1.807, 2.05) is 6.92 Å². The Labute approximate surface area is 153 Å². The fourth-order valence-corrected chi connectivity index (χ4v) is 4.05. The summed E-state index contributed by atoms with van der Waals surface area (Å²) >= 11 is 0. The Balaban J connectivity index is 5.15. The molecule has 0 aromatic heterocycles. The zero-order chi connectivity index (χ0) is 19.4. The first-order valence-corrected chi connectivity index (χ1v) is 14.9. The molecule has 0 saturated carbocycles. The van der Waals surface area contributed by atoms with Gasteiger partial charge in [-0.25, -0.2) is 0 Å². The van der Waals surface area contributed by atoms with Gasteiger partial charge in [-0.1, -0.05) is 53.2 Å². The maximum Gasteiger partial charge on any atom is 0.192 e. The minimum Gasteiger partial charge on any atom is -0.414 e. The van der Waals surface area contributed by atoms with Crippen LogP contribution in [-0.4, -0.2) is 41.1 Å². The molecule has 0 aliphatic carbocycles. The number of aliphatic hydroxyl groups is 1. The molecule has 0 radical (unpaired) electrons. The Morgan fingerprint density at radius 3 is 1.79 bits per heavy atom. The Morgan fingerprint density at radius 2 is 1.42 bits per heavy atom. The summed E-state index contributed by atoms with van der Waals surface area (Å²) in [6.07, 6.45) is 2.95. The molecule has 1 N–H and O–H groups in total. The molecule has 5 heteroatoms. The molecule has 0 unspecified atom stereocenters. The van der Waals surface area contributed by atoms with Crippen LogP contribution in [0.5, 0.6) is 0 Å². The molecule has 0 saturated heterocycles. The molecule has 0 fully saturated rings. The second-order valence-electron chi connectivity index (χ2n) is 10.0. The van der Waals surface area contributed by atoms with Gasteiger partial charge in [0, 0.05) is 0 Å². The SMILES string of the molecule is C/C(=C\C[C@H](CO[Si](C)(C)C(C)(C)C)O[Si](C)(C)C(C)(C)C)CO. The van der Waals surface area contributed by atoms with Crippen molar-refractivity contribution in [1.82, 2.24) is 0 Å². The van der Waals surface area contributed by atoms with Gasteiger partial charge < -0.3 is 14.0 Å². The van der Waals surface area contributed by atoms with E-state index in [2.05, 4.69) is 73.8 Å².